The third kappa shape index (κ3) is 5.77. The van der Waals surface area contributed by atoms with E-state index >= 15 is 0 Å². The SMILES string of the molecule is CC(=CCOc1ccc(SC(C)(C)C(=O)O)cc1)c1ccc(-c2ccccc2)cc1. The van der Waals surface area contributed by atoms with Crippen molar-refractivity contribution in [3.63, 3.8) is 0 Å². The molecule has 30 heavy (non-hydrogen) atoms. The van der Waals surface area contributed by atoms with Gasteiger partial charge in [-0.1, -0.05) is 54.6 Å². The van der Waals surface area contributed by atoms with E-state index in [0.29, 0.717) is 6.61 Å². The Morgan fingerprint density at radius 3 is 2.13 bits per heavy atom. The number of carbonyl (C=O) groups is 1. The number of rotatable bonds is 8. The Morgan fingerprint density at radius 2 is 1.53 bits per heavy atom. The van der Waals surface area contributed by atoms with E-state index in [1.54, 1.807) is 13.8 Å². The minimum atomic E-state index is -0.863. The highest BCUT2D eigenvalue weighted by Crippen LogP contribution is 2.33. The fourth-order valence-electron chi connectivity index (χ4n) is 2.88. The smallest absolute Gasteiger partial charge is 0.319 e. The molecule has 0 saturated heterocycles. The van der Waals surface area contributed by atoms with Gasteiger partial charge >= 0.3 is 5.97 Å². The molecule has 3 aromatic rings. The molecule has 0 atom stereocenters. The van der Waals surface area contributed by atoms with Crippen LogP contribution in [0.2, 0.25) is 0 Å². The highest BCUT2D eigenvalue weighted by atomic mass is 32.2. The lowest BCUT2D eigenvalue weighted by atomic mass is 10.0. The third-order valence-electron chi connectivity index (χ3n) is 4.80. The number of allylic oxidation sites excluding steroid dienone is 1. The number of carboxylic acid groups (broad SMARTS) is 1. The van der Waals surface area contributed by atoms with Gasteiger partial charge in [0.1, 0.15) is 17.1 Å². The molecular formula is C26H26O3S. The summed E-state index contributed by atoms with van der Waals surface area (Å²) in [6.07, 6.45) is 2.06. The van der Waals surface area contributed by atoms with Crippen molar-refractivity contribution in [1.82, 2.24) is 0 Å². The first-order valence-electron chi connectivity index (χ1n) is 9.83. The van der Waals surface area contributed by atoms with Gasteiger partial charge in [0.15, 0.2) is 0 Å². The molecule has 3 nitrogen and oxygen atoms in total. The molecule has 0 amide bonds. The predicted octanol–water partition coefficient (Wildman–Crippen LogP) is 6.79. The number of hydrogen-bond donors (Lipinski definition) is 1. The van der Waals surface area contributed by atoms with Crippen molar-refractivity contribution < 1.29 is 14.6 Å². The second-order valence-corrected chi connectivity index (χ2v) is 9.23. The lowest BCUT2D eigenvalue weighted by molar-refractivity contribution is -0.138. The summed E-state index contributed by atoms with van der Waals surface area (Å²) in [6.45, 7) is 5.95. The van der Waals surface area contributed by atoms with Gasteiger partial charge in [0.2, 0.25) is 0 Å². The quantitative estimate of drug-likeness (QED) is 0.409. The van der Waals surface area contributed by atoms with Crippen LogP contribution in [0.15, 0.2) is 89.8 Å². The van der Waals surface area contributed by atoms with Crippen molar-refractivity contribution in [1.29, 1.82) is 0 Å². The van der Waals surface area contributed by atoms with Crippen LogP contribution in [0.5, 0.6) is 5.75 Å². The summed E-state index contributed by atoms with van der Waals surface area (Å²) in [7, 11) is 0. The van der Waals surface area contributed by atoms with E-state index in [4.69, 9.17) is 4.74 Å². The summed E-state index contributed by atoms with van der Waals surface area (Å²) in [6, 6.07) is 26.4. The first kappa shape index (κ1) is 21.7. The van der Waals surface area contributed by atoms with Crippen LogP contribution in [0.4, 0.5) is 0 Å². The standard InChI is InChI=1S/C26H26O3S/c1-19(20-9-11-22(12-10-20)21-7-5-4-6-8-21)17-18-29-23-13-15-24(16-14-23)30-26(2,3)25(27)28/h4-17H,18H2,1-3H3,(H,27,28). The van der Waals surface area contributed by atoms with Gasteiger partial charge in [-0.3, -0.25) is 4.79 Å². The number of ether oxygens (including phenoxy) is 1. The average molecular weight is 419 g/mol. The number of aliphatic carboxylic acids is 1. The van der Waals surface area contributed by atoms with Crippen LogP contribution >= 0.6 is 11.8 Å². The van der Waals surface area contributed by atoms with Crippen LogP contribution in [0.1, 0.15) is 26.3 Å². The Hall–Kier alpha value is -2.98. The predicted molar refractivity (Wildman–Crippen MR) is 125 cm³/mol. The first-order valence-corrected chi connectivity index (χ1v) is 10.6. The van der Waals surface area contributed by atoms with Gasteiger partial charge in [-0.15, -0.1) is 11.8 Å². The third-order valence-corrected chi connectivity index (χ3v) is 5.99. The van der Waals surface area contributed by atoms with E-state index in [9.17, 15) is 9.90 Å². The molecule has 0 bridgehead atoms. The van der Waals surface area contributed by atoms with Crippen LogP contribution in [0, 0.1) is 0 Å². The molecule has 0 aliphatic heterocycles. The zero-order valence-electron chi connectivity index (χ0n) is 17.5. The number of benzene rings is 3. The fraction of sp³-hybridized carbons (Fsp3) is 0.192. The van der Waals surface area contributed by atoms with E-state index in [0.717, 1.165) is 16.2 Å². The van der Waals surface area contributed by atoms with Crippen LogP contribution in [-0.4, -0.2) is 22.4 Å². The summed E-state index contributed by atoms with van der Waals surface area (Å²) in [5.74, 6) is -0.0683. The molecule has 154 valence electrons. The van der Waals surface area contributed by atoms with Crippen molar-refractivity contribution in [2.75, 3.05) is 6.61 Å². The number of thioether (sulfide) groups is 1. The van der Waals surface area contributed by atoms with Crippen molar-refractivity contribution in [3.05, 3.63) is 90.5 Å². The van der Waals surface area contributed by atoms with Crippen LogP contribution < -0.4 is 4.74 Å². The topological polar surface area (TPSA) is 46.5 Å². The summed E-state index contributed by atoms with van der Waals surface area (Å²) < 4.78 is 4.96. The van der Waals surface area contributed by atoms with Gasteiger partial charge in [-0.05, 0) is 73.4 Å². The summed E-state index contributed by atoms with van der Waals surface area (Å²) in [5, 5.41) is 9.24. The zero-order valence-corrected chi connectivity index (χ0v) is 18.3. The van der Waals surface area contributed by atoms with Gasteiger partial charge in [-0.25, -0.2) is 0 Å². The van der Waals surface area contributed by atoms with Gasteiger partial charge < -0.3 is 9.84 Å². The molecule has 3 rings (SSSR count). The summed E-state index contributed by atoms with van der Waals surface area (Å²) in [4.78, 5) is 12.2. The minimum Gasteiger partial charge on any atom is -0.490 e. The number of carboxylic acids is 1. The van der Waals surface area contributed by atoms with Crippen LogP contribution in [0.25, 0.3) is 16.7 Å². The van der Waals surface area contributed by atoms with E-state index in [-0.39, 0.29) is 0 Å². The van der Waals surface area contributed by atoms with Gasteiger partial charge in [0, 0.05) is 4.90 Å². The highest BCUT2D eigenvalue weighted by Gasteiger charge is 2.28. The molecular weight excluding hydrogens is 392 g/mol. The lowest BCUT2D eigenvalue weighted by Gasteiger charge is -2.18. The van der Waals surface area contributed by atoms with Crippen LogP contribution in [-0.2, 0) is 4.79 Å². The highest BCUT2D eigenvalue weighted by molar-refractivity contribution is 8.01. The summed E-state index contributed by atoms with van der Waals surface area (Å²) in [5.41, 5.74) is 4.74. The van der Waals surface area contributed by atoms with E-state index in [1.807, 2.05) is 42.5 Å². The molecule has 0 unspecified atom stereocenters. The molecule has 0 aromatic heterocycles. The van der Waals surface area contributed by atoms with Crippen molar-refractivity contribution in [2.24, 2.45) is 0 Å². The molecule has 3 aromatic carbocycles. The molecule has 0 fully saturated rings. The van der Waals surface area contributed by atoms with Crippen molar-refractivity contribution >= 4 is 23.3 Å². The normalized spacial score (nSPS) is 11.9. The maximum atomic E-state index is 11.3. The van der Waals surface area contributed by atoms with E-state index < -0.39 is 10.7 Å². The van der Waals surface area contributed by atoms with Crippen LogP contribution in [0.3, 0.4) is 0 Å². The first-order chi connectivity index (χ1) is 14.3. The molecule has 0 radical (unpaired) electrons. The molecule has 0 saturated carbocycles. The van der Waals surface area contributed by atoms with Gasteiger partial charge in [0.25, 0.3) is 0 Å². The van der Waals surface area contributed by atoms with Crippen molar-refractivity contribution in [3.8, 4) is 16.9 Å². The Labute approximate surface area is 182 Å². The maximum absolute atomic E-state index is 11.3. The average Bonchev–Trinajstić information content (AvgIpc) is 2.75. The Balaban J connectivity index is 1.56. The maximum Gasteiger partial charge on any atom is 0.319 e. The van der Waals surface area contributed by atoms with E-state index in [2.05, 4.69) is 49.4 Å². The zero-order chi connectivity index (χ0) is 21.6. The molecule has 4 heteroatoms. The second kappa shape index (κ2) is 9.68. The Kier molecular flexibility index (Phi) is 7.01. The Bertz CT molecular complexity index is 1000. The number of hydrogen-bond acceptors (Lipinski definition) is 3. The molecule has 0 heterocycles. The lowest BCUT2D eigenvalue weighted by Crippen LogP contribution is -2.26. The minimum absolute atomic E-state index is 0.472. The molecule has 0 aliphatic rings. The largest absolute Gasteiger partial charge is 0.490 e. The molecule has 1 N–H and O–H groups in total. The summed E-state index contributed by atoms with van der Waals surface area (Å²) >= 11 is 1.32. The molecule has 0 spiro atoms. The van der Waals surface area contributed by atoms with Gasteiger partial charge in [-0.2, -0.15) is 0 Å². The van der Waals surface area contributed by atoms with Gasteiger partial charge in [0.05, 0.1) is 0 Å². The fourth-order valence-corrected chi connectivity index (χ4v) is 3.83. The Morgan fingerprint density at radius 1 is 0.933 bits per heavy atom. The van der Waals surface area contributed by atoms with E-state index in [1.165, 1.54) is 28.5 Å². The van der Waals surface area contributed by atoms with Crippen molar-refractivity contribution in [2.45, 2.75) is 30.4 Å². The monoisotopic (exact) mass is 418 g/mol. The second-order valence-electron chi connectivity index (χ2n) is 7.53. The molecule has 0 aliphatic carbocycles.